The summed E-state index contributed by atoms with van der Waals surface area (Å²) in [6.45, 7) is 1.40. The Labute approximate surface area is 262 Å². The number of amides is 1. The molecule has 1 aliphatic carbocycles. The van der Waals surface area contributed by atoms with E-state index in [2.05, 4.69) is 5.32 Å². The highest BCUT2D eigenvalue weighted by atomic mass is 35.5. The lowest BCUT2D eigenvalue weighted by atomic mass is 9.93. The molecule has 3 aromatic rings. The van der Waals surface area contributed by atoms with Crippen molar-refractivity contribution in [3.63, 3.8) is 0 Å². The summed E-state index contributed by atoms with van der Waals surface area (Å²) in [5.41, 5.74) is 3.50. The number of ether oxygens (including phenoxy) is 2. The van der Waals surface area contributed by atoms with Gasteiger partial charge < -0.3 is 24.8 Å². The number of carbonyl (C=O) groups excluding carboxylic acids is 1. The van der Waals surface area contributed by atoms with Gasteiger partial charge in [-0.05, 0) is 72.8 Å². The van der Waals surface area contributed by atoms with Crippen LogP contribution in [0.1, 0.15) is 30.4 Å². The molecule has 1 fully saturated rings. The highest BCUT2D eigenvalue weighted by molar-refractivity contribution is 6.42. The van der Waals surface area contributed by atoms with E-state index in [0.717, 1.165) is 53.8 Å². The monoisotopic (exact) mass is 652 g/mol. The van der Waals surface area contributed by atoms with E-state index in [1.807, 2.05) is 29.2 Å². The van der Waals surface area contributed by atoms with E-state index < -0.39 is 17.4 Å². The fourth-order valence-corrected chi connectivity index (χ4v) is 5.21. The van der Waals surface area contributed by atoms with Gasteiger partial charge in [-0.2, -0.15) is 0 Å². The molecule has 43 heavy (non-hydrogen) atoms. The van der Waals surface area contributed by atoms with Gasteiger partial charge in [0, 0.05) is 24.7 Å². The molecule has 0 saturated heterocycles. The highest BCUT2D eigenvalue weighted by Crippen LogP contribution is 2.35. The average molecular weight is 654 g/mol. The largest absolute Gasteiger partial charge is 0.490 e. The van der Waals surface area contributed by atoms with Crippen molar-refractivity contribution in [2.24, 2.45) is 0 Å². The summed E-state index contributed by atoms with van der Waals surface area (Å²) in [4.78, 5) is 24.1. The molecule has 0 bridgehead atoms. The lowest BCUT2D eigenvalue weighted by Crippen LogP contribution is -2.39. The van der Waals surface area contributed by atoms with Crippen molar-refractivity contribution in [2.45, 2.75) is 31.8 Å². The highest BCUT2D eigenvalue weighted by Gasteiger charge is 2.35. The minimum atomic E-state index is -0.942. The fraction of sp³-hybridized carbons (Fsp3) is 0.290. The zero-order chi connectivity index (χ0) is 30.9. The molecule has 1 amide bonds. The lowest BCUT2D eigenvalue weighted by Gasteiger charge is -2.28. The molecule has 3 aromatic carbocycles. The van der Waals surface area contributed by atoms with Crippen molar-refractivity contribution in [1.29, 1.82) is 0 Å². The van der Waals surface area contributed by atoms with Crippen LogP contribution in [0.4, 0.5) is 8.78 Å². The number of benzene rings is 3. The number of nitrogens with one attached hydrogen (secondary N) is 1. The molecule has 2 N–H and O–H groups in total. The van der Waals surface area contributed by atoms with Crippen LogP contribution in [-0.4, -0.2) is 54.7 Å². The molecule has 2 aliphatic rings. The van der Waals surface area contributed by atoms with Crippen LogP contribution in [0.3, 0.4) is 0 Å². The third-order valence-electron chi connectivity index (χ3n) is 6.90. The Bertz CT molecular complexity index is 1480. The van der Waals surface area contributed by atoms with Crippen LogP contribution in [-0.2, 0) is 16.1 Å². The van der Waals surface area contributed by atoms with Gasteiger partial charge in [0.15, 0.2) is 17.4 Å². The van der Waals surface area contributed by atoms with Crippen molar-refractivity contribution in [1.82, 2.24) is 10.2 Å². The maximum absolute atomic E-state index is 14.0. The second-order valence-corrected chi connectivity index (χ2v) is 11.0. The molecule has 0 unspecified atom stereocenters. The Kier molecular flexibility index (Phi) is 11.6. The van der Waals surface area contributed by atoms with Crippen LogP contribution >= 0.6 is 34.8 Å². The molecule has 7 nitrogen and oxygen atoms in total. The molecule has 5 rings (SSSR count). The van der Waals surface area contributed by atoms with Gasteiger partial charge in [-0.15, -0.1) is 0 Å². The predicted molar refractivity (Wildman–Crippen MR) is 162 cm³/mol. The number of hydrogen-bond acceptors (Lipinski definition) is 5. The van der Waals surface area contributed by atoms with Crippen molar-refractivity contribution in [3.8, 4) is 11.5 Å². The number of rotatable bonds is 10. The lowest BCUT2D eigenvalue weighted by molar-refractivity contribution is -0.128. The number of carbonyl (C=O) groups is 2. The van der Waals surface area contributed by atoms with Crippen LogP contribution in [0, 0.1) is 11.6 Å². The maximum atomic E-state index is 14.0. The first-order chi connectivity index (χ1) is 20.7. The van der Waals surface area contributed by atoms with E-state index in [1.165, 1.54) is 0 Å². The standard InChI is InChI=1S/C30H27Cl3F2N2O3.CH2O2/c31-24-3-1-2-19(27(24)33)17-37(20-6-7-20)30(38)23-16-36-13-12-22(23)18-4-8-21(9-5-18)39-14-15-40-29-26(34)11-10-25(32)28(29)35;2-1-3/h1-5,8-11,20,36H,6-7,12-17H2;1H,(H,2,3). The van der Waals surface area contributed by atoms with E-state index in [4.69, 9.17) is 54.2 Å². The number of nitrogens with zero attached hydrogens (tertiary/aromatic N) is 1. The Balaban J connectivity index is 0.00000135. The maximum Gasteiger partial charge on any atom is 0.290 e. The first kappa shape index (κ1) is 32.5. The summed E-state index contributed by atoms with van der Waals surface area (Å²) in [5, 5.41) is 11.0. The minimum Gasteiger partial charge on any atom is -0.490 e. The van der Waals surface area contributed by atoms with Crippen molar-refractivity contribution in [3.05, 3.63) is 98.0 Å². The third-order valence-corrected chi connectivity index (χ3v) is 8.05. The van der Waals surface area contributed by atoms with Gasteiger partial charge in [0.2, 0.25) is 0 Å². The molecule has 0 spiro atoms. The molecule has 1 aliphatic heterocycles. The number of carboxylic acid groups (broad SMARTS) is 1. The summed E-state index contributed by atoms with van der Waals surface area (Å²) in [7, 11) is 0. The molecule has 0 radical (unpaired) electrons. The summed E-state index contributed by atoms with van der Waals surface area (Å²) in [6, 6.07) is 15.3. The SMILES string of the molecule is O=C(C1=C(c2ccc(OCCOc3c(F)ccc(Cl)c3F)cc2)CCNC1)N(Cc1cccc(Cl)c1Cl)C1CC1.O=CO. The average Bonchev–Trinajstić information content (AvgIpc) is 3.85. The number of hydrogen-bond donors (Lipinski definition) is 2. The Hall–Kier alpha value is -3.37. The Morgan fingerprint density at radius 1 is 1.00 bits per heavy atom. The van der Waals surface area contributed by atoms with E-state index in [9.17, 15) is 13.6 Å². The van der Waals surface area contributed by atoms with Crippen molar-refractivity contribution < 1.29 is 33.0 Å². The van der Waals surface area contributed by atoms with E-state index in [1.54, 1.807) is 18.2 Å². The normalized spacial score (nSPS) is 14.4. The Morgan fingerprint density at radius 3 is 2.40 bits per heavy atom. The van der Waals surface area contributed by atoms with Gasteiger partial charge in [-0.3, -0.25) is 9.59 Å². The first-order valence-electron chi connectivity index (χ1n) is 13.5. The topological polar surface area (TPSA) is 88.1 Å². The van der Waals surface area contributed by atoms with Gasteiger partial charge in [-0.1, -0.05) is 59.1 Å². The number of halogens is 5. The van der Waals surface area contributed by atoms with Gasteiger partial charge in [0.25, 0.3) is 12.4 Å². The second-order valence-electron chi connectivity index (χ2n) is 9.76. The predicted octanol–water partition coefficient (Wildman–Crippen LogP) is 7.02. The molecule has 0 aromatic heterocycles. The van der Waals surface area contributed by atoms with Crippen LogP contribution in [0.2, 0.25) is 15.1 Å². The van der Waals surface area contributed by atoms with E-state index in [-0.39, 0.29) is 36.7 Å². The van der Waals surface area contributed by atoms with Gasteiger partial charge in [0.05, 0.1) is 15.1 Å². The zero-order valence-corrected chi connectivity index (χ0v) is 25.2. The summed E-state index contributed by atoms with van der Waals surface area (Å²) >= 11 is 18.3. The molecule has 0 atom stereocenters. The van der Waals surface area contributed by atoms with Crippen LogP contribution in [0.5, 0.6) is 11.5 Å². The molecule has 12 heteroatoms. The molecule has 1 saturated carbocycles. The molecular weight excluding hydrogens is 625 g/mol. The molecule has 228 valence electrons. The fourth-order valence-electron chi connectivity index (χ4n) is 4.68. The summed E-state index contributed by atoms with van der Waals surface area (Å²) in [5.74, 6) is -1.74. The zero-order valence-electron chi connectivity index (χ0n) is 22.9. The van der Waals surface area contributed by atoms with Crippen LogP contribution in [0.15, 0.2) is 60.2 Å². The quantitative estimate of drug-likeness (QED) is 0.139. The minimum absolute atomic E-state index is 0.00121. The summed E-state index contributed by atoms with van der Waals surface area (Å²) < 4.78 is 38.7. The van der Waals surface area contributed by atoms with Crippen molar-refractivity contribution >= 4 is 52.8 Å². The van der Waals surface area contributed by atoms with E-state index in [0.29, 0.717) is 35.3 Å². The van der Waals surface area contributed by atoms with Gasteiger partial charge >= 0.3 is 0 Å². The van der Waals surface area contributed by atoms with Crippen LogP contribution in [0.25, 0.3) is 5.57 Å². The van der Waals surface area contributed by atoms with Crippen LogP contribution < -0.4 is 14.8 Å². The Morgan fingerprint density at radius 2 is 1.70 bits per heavy atom. The van der Waals surface area contributed by atoms with Gasteiger partial charge in [-0.25, -0.2) is 8.78 Å². The summed E-state index contributed by atoms with van der Waals surface area (Å²) in [6.07, 6.45) is 2.64. The first-order valence-corrected chi connectivity index (χ1v) is 14.6. The van der Waals surface area contributed by atoms with Crippen molar-refractivity contribution in [2.75, 3.05) is 26.3 Å². The smallest absolute Gasteiger partial charge is 0.290 e. The molecular formula is C31H29Cl3F2N2O5. The second kappa shape index (κ2) is 15.4. The van der Waals surface area contributed by atoms with E-state index >= 15 is 0 Å². The molecule has 1 heterocycles. The third kappa shape index (κ3) is 8.38. The van der Waals surface area contributed by atoms with Gasteiger partial charge in [0.1, 0.15) is 19.0 Å².